The van der Waals surface area contributed by atoms with Gasteiger partial charge < -0.3 is 14.2 Å². The zero-order valence-electron chi connectivity index (χ0n) is 18.6. The average Bonchev–Trinajstić information content (AvgIpc) is 3.12. The summed E-state index contributed by atoms with van der Waals surface area (Å²) in [4.78, 5) is 42.6. The fourth-order valence-electron chi connectivity index (χ4n) is 2.93. The first-order chi connectivity index (χ1) is 15.9. The molecule has 1 saturated heterocycles. The van der Waals surface area contributed by atoms with Crippen LogP contribution in [0.1, 0.15) is 29.8 Å². The molecular weight excluding hydrogens is 444 g/mol. The summed E-state index contributed by atoms with van der Waals surface area (Å²) in [6.45, 7) is 4.24. The Hall–Kier alpha value is -3.59. The van der Waals surface area contributed by atoms with Crippen LogP contribution in [-0.4, -0.2) is 54.8 Å². The van der Waals surface area contributed by atoms with Crippen LogP contribution in [0.25, 0.3) is 6.08 Å². The van der Waals surface area contributed by atoms with E-state index in [0.29, 0.717) is 40.2 Å². The highest BCUT2D eigenvalue weighted by molar-refractivity contribution is 8.18. The highest BCUT2D eigenvalue weighted by Gasteiger charge is 2.32. The van der Waals surface area contributed by atoms with Crippen molar-refractivity contribution in [3.63, 3.8) is 0 Å². The third kappa shape index (κ3) is 6.23. The van der Waals surface area contributed by atoms with E-state index < -0.39 is 11.9 Å². The summed E-state index contributed by atoms with van der Waals surface area (Å²) in [6, 6.07) is 13.7. The van der Waals surface area contributed by atoms with Crippen molar-refractivity contribution in [3.8, 4) is 5.75 Å². The topological polar surface area (TPSA) is 94.5 Å². The van der Waals surface area contributed by atoms with Crippen molar-refractivity contribution in [2.75, 3.05) is 26.9 Å². The lowest BCUT2D eigenvalue weighted by Crippen LogP contribution is -2.28. The lowest BCUT2D eigenvalue weighted by Gasteiger charge is -2.12. The van der Waals surface area contributed by atoms with Crippen LogP contribution >= 0.6 is 11.8 Å². The number of hydrogen-bond acceptors (Lipinski definition) is 8. The Morgan fingerprint density at radius 2 is 1.76 bits per heavy atom. The van der Waals surface area contributed by atoms with E-state index in [2.05, 4.69) is 4.99 Å². The molecule has 0 atom stereocenters. The molecule has 9 heteroatoms. The quantitative estimate of drug-likeness (QED) is 0.426. The van der Waals surface area contributed by atoms with E-state index in [9.17, 15) is 14.4 Å². The number of likely N-dealkylation sites (N-methyl/N-ethyl adjacent to an activating group) is 1. The molecule has 0 spiro atoms. The number of rotatable bonds is 8. The van der Waals surface area contributed by atoms with E-state index in [-0.39, 0.29) is 12.5 Å². The lowest BCUT2D eigenvalue weighted by atomic mass is 10.2. The van der Waals surface area contributed by atoms with Crippen LogP contribution in [0.2, 0.25) is 0 Å². The standard InChI is InChI=1S/C24H24N2O6S/c1-4-26-22(28)20(14-16-6-12-19(13-7-16)32-15-21(27)31-5-2)33-24(26)25-18-10-8-17(9-11-18)23(29)30-3/h6-14H,4-5,15H2,1-3H3/b20-14+,25-24?. The summed E-state index contributed by atoms with van der Waals surface area (Å²) in [6.07, 6.45) is 1.79. The maximum absolute atomic E-state index is 12.8. The van der Waals surface area contributed by atoms with Crippen LogP contribution in [0.3, 0.4) is 0 Å². The minimum atomic E-state index is -0.428. The first-order valence-corrected chi connectivity index (χ1v) is 11.1. The van der Waals surface area contributed by atoms with Gasteiger partial charge in [0.15, 0.2) is 11.8 Å². The second-order valence-electron chi connectivity index (χ2n) is 6.76. The van der Waals surface area contributed by atoms with Gasteiger partial charge in [0.25, 0.3) is 5.91 Å². The molecule has 172 valence electrons. The van der Waals surface area contributed by atoms with E-state index >= 15 is 0 Å². The molecule has 1 aliphatic heterocycles. The molecule has 2 aromatic rings. The van der Waals surface area contributed by atoms with Gasteiger partial charge in [0.2, 0.25) is 0 Å². The van der Waals surface area contributed by atoms with E-state index in [0.717, 1.165) is 5.56 Å². The molecule has 3 rings (SSSR count). The summed E-state index contributed by atoms with van der Waals surface area (Å²) in [5, 5.41) is 0.564. The van der Waals surface area contributed by atoms with Gasteiger partial charge in [0, 0.05) is 6.54 Å². The SMILES string of the molecule is CCOC(=O)COc1ccc(/C=C2/SC(=Nc3ccc(C(=O)OC)cc3)N(CC)C2=O)cc1. The molecule has 0 unspecified atom stereocenters. The normalized spacial score (nSPS) is 15.7. The summed E-state index contributed by atoms with van der Waals surface area (Å²) in [7, 11) is 1.33. The van der Waals surface area contributed by atoms with Gasteiger partial charge in [-0.15, -0.1) is 0 Å². The van der Waals surface area contributed by atoms with Crippen LogP contribution in [0, 0.1) is 0 Å². The van der Waals surface area contributed by atoms with Crippen molar-refractivity contribution in [2.45, 2.75) is 13.8 Å². The first-order valence-electron chi connectivity index (χ1n) is 10.3. The Kier molecular flexibility index (Phi) is 8.26. The molecule has 8 nitrogen and oxygen atoms in total. The molecule has 33 heavy (non-hydrogen) atoms. The number of thioether (sulfide) groups is 1. The molecule has 0 N–H and O–H groups in total. The van der Waals surface area contributed by atoms with Gasteiger partial charge in [-0.25, -0.2) is 14.6 Å². The van der Waals surface area contributed by atoms with Crippen LogP contribution in [0.5, 0.6) is 5.75 Å². The second-order valence-corrected chi connectivity index (χ2v) is 7.76. The van der Waals surface area contributed by atoms with Crippen molar-refractivity contribution >= 4 is 46.5 Å². The predicted molar refractivity (Wildman–Crippen MR) is 126 cm³/mol. The number of aliphatic imine (C=N–C) groups is 1. The molecule has 0 radical (unpaired) electrons. The number of amidine groups is 1. The third-order valence-electron chi connectivity index (χ3n) is 4.56. The van der Waals surface area contributed by atoms with Gasteiger partial charge >= 0.3 is 11.9 Å². The van der Waals surface area contributed by atoms with Crippen molar-refractivity contribution in [1.82, 2.24) is 4.90 Å². The monoisotopic (exact) mass is 468 g/mol. The maximum atomic E-state index is 12.8. The lowest BCUT2D eigenvalue weighted by molar-refractivity contribution is -0.145. The molecule has 1 heterocycles. The maximum Gasteiger partial charge on any atom is 0.344 e. The molecule has 1 fully saturated rings. The van der Waals surface area contributed by atoms with Gasteiger partial charge in [-0.2, -0.15) is 0 Å². The number of esters is 2. The van der Waals surface area contributed by atoms with Crippen LogP contribution < -0.4 is 4.74 Å². The van der Waals surface area contributed by atoms with Crippen LogP contribution in [0.4, 0.5) is 5.69 Å². The molecule has 0 aliphatic carbocycles. The Labute approximate surface area is 196 Å². The predicted octanol–water partition coefficient (Wildman–Crippen LogP) is 4.04. The largest absolute Gasteiger partial charge is 0.482 e. The molecule has 0 saturated carbocycles. The second kappa shape index (κ2) is 11.3. The number of carbonyl (C=O) groups excluding carboxylic acids is 3. The number of hydrogen-bond donors (Lipinski definition) is 0. The van der Waals surface area contributed by atoms with Gasteiger partial charge in [-0.05, 0) is 73.6 Å². The Balaban J connectivity index is 1.73. The van der Waals surface area contributed by atoms with Crippen molar-refractivity contribution < 1.29 is 28.6 Å². The zero-order chi connectivity index (χ0) is 23.8. The molecule has 0 aromatic heterocycles. The highest BCUT2D eigenvalue weighted by atomic mass is 32.2. The molecule has 1 amide bonds. The van der Waals surface area contributed by atoms with E-state index in [1.54, 1.807) is 66.4 Å². The fourth-order valence-corrected chi connectivity index (χ4v) is 3.99. The number of nitrogens with zero attached hydrogens (tertiary/aromatic N) is 2. The van der Waals surface area contributed by atoms with Crippen LogP contribution in [0.15, 0.2) is 58.4 Å². The Bertz CT molecular complexity index is 1080. The highest BCUT2D eigenvalue weighted by Crippen LogP contribution is 2.34. The van der Waals surface area contributed by atoms with Crippen LogP contribution in [-0.2, 0) is 19.1 Å². The molecular formula is C24H24N2O6S. The minimum absolute atomic E-state index is 0.130. The van der Waals surface area contributed by atoms with Gasteiger partial charge in [0.1, 0.15) is 5.75 Å². The van der Waals surface area contributed by atoms with Crippen molar-refractivity contribution in [2.24, 2.45) is 4.99 Å². The minimum Gasteiger partial charge on any atom is -0.482 e. The average molecular weight is 469 g/mol. The summed E-state index contributed by atoms with van der Waals surface area (Å²) < 4.78 is 14.9. The van der Waals surface area contributed by atoms with E-state index in [1.165, 1.54) is 18.9 Å². The fraction of sp³-hybridized carbons (Fsp3) is 0.250. The number of amides is 1. The number of benzene rings is 2. The molecule has 1 aliphatic rings. The number of ether oxygens (including phenoxy) is 3. The summed E-state index contributed by atoms with van der Waals surface area (Å²) in [5.74, 6) is -0.445. The van der Waals surface area contributed by atoms with Crippen molar-refractivity contribution in [3.05, 3.63) is 64.6 Å². The Morgan fingerprint density at radius 1 is 1.06 bits per heavy atom. The van der Waals surface area contributed by atoms with Gasteiger partial charge in [0.05, 0.1) is 29.9 Å². The zero-order valence-corrected chi connectivity index (χ0v) is 19.4. The van der Waals surface area contributed by atoms with Crippen molar-refractivity contribution in [1.29, 1.82) is 0 Å². The van der Waals surface area contributed by atoms with E-state index in [4.69, 9.17) is 14.2 Å². The van der Waals surface area contributed by atoms with Gasteiger partial charge in [-0.3, -0.25) is 9.69 Å². The summed E-state index contributed by atoms with van der Waals surface area (Å²) in [5.41, 5.74) is 1.87. The third-order valence-corrected chi connectivity index (χ3v) is 5.56. The van der Waals surface area contributed by atoms with E-state index in [1.807, 2.05) is 6.92 Å². The molecule has 0 bridgehead atoms. The summed E-state index contributed by atoms with van der Waals surface area (Å²) >= 11 is 1.28. The smallest absolute Gasteiger partial charge is 0.344 e. The number of methoxy groups -OCH3 is 1. The Morgan fingerprint density at radius 3 is 2.36 bits per heavy atom. The number of carbonyl (C=O) groups is 3. The first kappa shape index (κ1) is 24.1. The molecule has 2 aromatic carbocycles. The van der Waals surface area contributed by atoms with Gasteiger partial charge in [-0.1, -0.05) is 12.1 Å².